The van der Waals surface area contributed by atoms with Crippen molar-refractivity contribution in [1.29, 1.82) is 0 Å². The lowest BCUT2D eigenvalue weighted by molar-refractivity contribution is 0.628. The van der Waals surface area contributed by atoms with E-state index in [9.17, 15) is 4.39 Å². The van der Waals surface area contributed by atoms with Crippen molar-refractivity contribution in [3.8, 4) is 0 Å². The molecule has 0 spiro atoms. The average molecular weight is 216 g/mol. The van der Waals surface area contributed by atoms with Gasteiger partial charge >= 0.3 is 0 Å². The largest absolute Gasteiger partial charge is 0.285 e. The van der Waals surface area contributed by atoms with Crippen molar-refractivity contribution in [3.05, 3.63) is 28.9 Å². The van der Waals surface area contributed by atoms with Crippen molar-refractivity contribution in [1.82, 2.24) is 14.6 Å². The standard InChI is InChI=1S/C6H3BrFN3/c7-4-1-5(8)6-10-9-3-11(6)2-4/h1-3H. The molecule has 0 aliphatic rings. The van der Waals surface area contributed by atoms with Gasteiger partial charge in [-0.25, -0.2) is 4.39 Å². The van der Waals surface area contributed by atoms with Crippen LogP contribution in [-0.2, 0) is 0 Å². The molecule has 5 heteroatoms. The quantitative estimate of drug-likeness (QED) is 0.669. The zero-order valence-corrected chi connectivity index (χ0v) is 6.92. The van der Waals surface area contributed by atoms with Gasteiger partial charge in [-0.15, -0.1) is 10.2 Å². The van der Waals surface area contributed by atoms with Crippen LogP contribution in [0.25, 0.3) is 5.65 Å². The normalized spacial score (nSPS) is 10.7. The maximum atomic E-state index is 12.9. The highest BCUT2D eigenvalue weighted by molar-refractivity contribution is 9.10. The summed E-state index contributed by atoms with van der Waals surface area (Å²) in [5, 5.41) is 7.13. The average Bonchev–Trinajstić information content (AvgIpc) is 2.34. The van der Waals surface area contributed by atoms with Gasteiger partial charge in [0.1, 0.15) is 6.33 Å². The van der Waals surface area contributed by atoms with Crippen LogP contribution in [0.5, 0.6) is 0 Å². The Labute approximate surface area is 70.0 Å². The fraction of sp³-hybridized carbons (Fsp3) is 0. The molecule has 0 bridgehead atoms. The van der Waals surface area contributed by atoms with Crippen molar-refractivity contribution >= 4 is 21.6 Å². The first-order chi connectivity index (χ1) is 5.27. The molecule has 0 radical (unpaired) electrons. The van der Waals surface area contributed by atoms with E-state index in [1.165, 1.54) is 16.8 Å². The second-order valence-corrected chi connectivity index (χ2v) is 2.98. The van der Waals surface area contributed by atoms with Crippen LogP contribution in [0.4, 0.5) is 4.39 Å². The molecule has 0 aliphatic carbocycles. The Morgan fingerprint density at radius 2 is 2.36 bits per heavy atom. The molecule has 0 N–H and O–H groups in total. The first kappa shape index (κ1) is 6.72. The van der Waals surface area contributed by atoms with E-state index < -0.39 is 0 Å². The summed E-state index contributed by atoms with van der Waals surface area (Å²) >= 11 is 3.15. The van der Waals surface area contributed by atoms with Crippen LogP contribution in [0.2, 0.25) is 0 Å². The molecule has 0 fully saturated rings. The number of halogens is 2. The number of fused-ring (bicyclic) bond motifs is 1. The minimum atomic E-state index is -0.378. The van der Waals surface area contributed by atoms with E-state index >= 15 is 0 Å². The number of rotatable bonds is 0. The summed E-state index contributed by atoms with van der Waals surface area (Å²) < 4.78 is 15.1. The van der Waals surface area contributed by atoms with Crippen LogP contribution in [0.3, 0.4) is 0 Å². The second kappa shape index (κ2) is 2.27. The number of pyridine rings is 1. The lowest BCUT2D eigenvalue weighted by Gasteiger charge is -1.93. The van der Waals surface area contributed by atoms with Crippen molar-refractivity contribution in [2.45, 2.75) is 0 Å². The maximum Gasteiger partial charge on any atom is 0.196 e. The fourth-order valence-electron chi connectivity index (χ4n) is 0.864. The smallest absolute Gasteiger partial charge is 0.196 e. The van der Waals surface area contributed by atoms with E-state index in [4.69, 9.17) is 0 Å². The minimum Gasteiger partial charge on any atom is -0.285 e. The van der Waals surface area contributed by atoms with Gasteiger partial charge in [0.15, 0.2) is 11.5 Å². The summed E-state index contributed by atoms with van der Waals surface area (Å²) in [6.45, 7) is 0. The molecule has 0 saturated heterocycles. The Hall–Kier alpha value is -0.970. The lowest BCUT2D eigenvalue weighted by Crippen LogP contribution is -1.87. The molecule has 0 unspecified atom stereocenters. The summed E-state index contributed by atoms with van der Waals surface area (Å²) in [5.41, 5.74) is 0.244. The van der Waals surface area contributed by atoms with Crippen LogP contribution >= 0.6 is 15.9 Å². The van der Waals surface area contributed by atoms with Gasteiger partial charge in [-0.05, 0) is 22.0 Å². The highest BCUT2D eigenvalue weighted by atomic mass is 79.9. The molecule has 0 aliphatic heterocycles. The van der Waals surface area contributed by atoms with E-state index in [-0.39, 0.29) is 11.5 Å². The number of nitrogens with zero attached hydrogens (tertiary/aromatic N) is 3. The molecule has 11 heavy (non-hydrogen) atoms. The Morgan fingerprint density at radius 3 is 3.18 bits per heavy atom. The highest BCUT2D eigenvalue weighted by Gasteiger charge is 2.02. The van der Waals surface area contributed by atoms with Gasteiger partial charge in [-0.2, -0.15) is 0 Å². The van der Waals surface area contributed by atoms with Gasteiger partial charge < -0.3 is 0 Å². The summed E-state index contributed by atoms with van der Waals surface area (Å²) in [5.74, 6) is -0.378. The summed E-state index contributed by atoms with van der Waals surface area (Å²) in [4.78, 5) is 0. The Bertz CT molecular complexity index is 398. The molecular weight excluding hydrogens is 213 g/mol. The summed E-state index contributed by atoms with van der Waals surface area (Å²) in [6.07, 6.45) is 3.14. The van der Waals surface area contributed by atoms with Gasteiger partial charge in [0, 0.05) is 10.7 Å². The van der Waals surface area contributed by atoms with E-state index in [0.29, 0.717) is 4.47 Å². The van der Waals surface area contributed by atoms with Crippen molar-refractivity contribution in [3.63, 3.8) is 0 Å². The molecule has 2 aromatic rings. The van der Waals surface area contributed by atoms with Gasteiger partial charge in [0.05, 0.1) is 0 Å². The SMILES string of the molecule is Fc1cc(Br)cn2cnnc12. The molecule has 3 nitrogen and oxygen atoms in total. The van der Waals surface area contributed by atoms with E-state index in [1.807, 2.05) is 0 Å². The molecule has 0 aromatic carbocycles. The second-order valence-electron chi connectivity index (χ2n) is 2.07. The van der Waals surface area contributed by atoms with Crippen LogP contribution in [0.1, 0.15) is 0 Å². The minimum absolute atomic E-state index is 0.244. The van der Waals surface area contributed by atoms with Gasteiger partial charge in [-0.1, -0.05) is 0 Å². The Morgan fingerprint density at radius 1 is 1.55 bits per heavy atom. The third-order valence-electron chi connectivity index (χ3n) is 1.31. The zero-order valence-electron chi connectivity index (χ0n) is 5.33. The van der Waals surface area contributed by atoms with E-state index in [0.717, 1.165) is 0 Å². The zero-order chi connectivity index (χ0) is 7.84. The Balaban J connectivity index is 2.91. The Kier molecular flexibility index (Phi) is 1.38. The lowest BCUT2D eigenvalue weighted by atomic mass is 10.4. The van der Waals surface area contributed by atoms with E-state index in [2.05, 4.69) is 26.1 Å². The summed E-state index contributed by atoms with van der Waals surface area (Å²) in [7, 11) is 0. The third-order valence-corrected chi connectivity index (χ3v) is 1.75. The topological polar surface area (TPSA) is 30.2 Å². The molecule has 0 saturated carbocycles. The van der Waals surface area contributed by atoms with Crippen molar-refractivity contribution in [2.75, 3.05) is 0 Å². The monoisotopic (exact) mass is 215 g/mol. The van der Waals surface area contributed by atoms with Gasteiger partial charge in [-0.3, -0.25) is 4.40 Å². The maximum absolute atomic E-state index is 12.9. The number of hydrogen-bond acceptors (Lipinski definition) is 2. The first-order valence-corrected chi connectivity index (χ1v) is 3.71. The van der Waals surface area contributed by atoms with Crippen LogP contribution in [0, 0.1) is 5.82 Å². The molecule has 0 amide bonds. The van der Waals surface area contributed by atoms with Crippen LogP contribution < -0.4 is 0 Å². The molecular formula is C6H3BrFN3. The third kappa shape index (κ3) is 1.01. The molecule has 56 valence electrons. The fourth-order valence-corrected chi connectivity index (χ4v) is 1.29. The van der Waals surface area contributed by atoms with Gasteiger partial charge in [0.2, 0.25) is 0 Å². The summed E-state index contributed by atoms with van der Waals surface area (Å²) in [6, 6.07) is 1.35. The van der Waals surface area contributed by atoms with Crippen LogP contribution in [0.15, 0.2) is 23.1 Å². The first-order valence-electron chi connectivity index (χ1n) is 2.92. The predicted octanol–water partition coefficient (Wildman–Crippen LogP) is 1.63. The predicted molar refractivity (Wildman–Crippen MR) is 40.6 cm³/mol. The molecule has 2 heterocycles. The van der Waals surface area contributed by atoms with E-state index in [1.54, 1.807) is 6.20 Å². The number of hydrogen-bond donors (Lipinski definition) is 0. The van der Waals surface area contributed by atoms with Gasteiger partial charge in [0.25, 0.3) is 0 Å². The highest BCUT2D eigenvalue weighted by Crippen LogP contribution is 2.13. The molecule has 2 rings (SSSR count). The number of aromatic nitrogens is 3. The van der Waals surface area contributed by atoms with Crippen molar-refractivity contribution in [2.24, 2.45) is 0 Å². The van der Waals surface area contributed by atoms with Crippen molar-refractivity contribution < 1.29 is 4.39 Å². The van der Waals surface area contributed by atoms with Crippen LogP contribution in [-0.4, -0.2) is 14.6 Å². The molecule has 2 aromatic heterocycles. The molecule has 0 atom stereocenters.